The maximum absolute atomic E-state index is 14.0. The second-order valence-corrected chi connectivity index (χ2v) is 18.6. The Labute approximate surface area is 384 Å². The molecule has 12 unspecified atom stereocenters. The molecule has 0 aromatic heterocycles. The minimum atomic E-state index is -1.18. The van der Waals surface area contributed by atoms with Crippen molar-refractivity contribution in [1.29, 1.82) is 0 Å². The molecule has 0 aromatic rings. The van der Waals surface area contributed by atoms with E-state index in [0.717, 1.165) is 31.5 Å². The molecule has 0 spiro atoms. The Bertz CT molecular complexity index is 1660. The molecule has 12 atom stereocenters. The fraction of sp³-hybridized carbons (Fsp3) is 0.706. The number of piperidine rings is 2. The number of nitrogens with zero attached hydrogens (tertiary/aromatic N) is 3. The number of methoxy groups -OCH3 is 2. The lowest BCUT2D eigenvalue weighted by Gasteiger charge is -2.40. The van der Waals surface area contributed by atoms with Crippen molar-refractivity contribution in [1.82, 2.24) is 9.80 Å². The fourth-order valence-electron chi connectivity index (χ4n) is 9.31. The van der Waals surface area contributed by atoms with Gasteiger partial charge < -0.3 is 49.3 Å². The summed E-state index contributed by atoms with van der Waals surface area (Å²) in [5.41, 5.74) is 1.98. The van der Waals surface area contributed by atoms with Gasteiger partial charge >= 0.3 is 5.97 Å². The number of esters is 1. The molecule has 3 rings (SSSR count). The van der Waals surface area contributed by atoms with Crippen molar-refractivity contribution in [2.24, 2.45) is 40.7 Å². The second kappa shape index (κ2) is 27.8. The summed E-state index contributed by atoms with van der Waals surface area (Å²) in [6, 6.07) is 0.500. The average Bonchev–Trinajstić information content (AvgIpc) is 3.29. The zero-order chi connectivity index (χ0) is 47.5. The summed E-state index contributed by atoms with van der Waals surface area (Å²) in [6.45, 7) is 20.2. The van der Waals surface area contributed by atoms with E-state index in [9.17, 15) is 30.0 Å². The van der Waals surface area contributed by atoms with Crippen LogP contribution < -0.4 is 0 Å². The van der Waals surface area contributed by atoms with E-state index in [0.29, 0.717) is 43.3 Å². The maximum Gasteiger partial charge on any atom is 0.373 e. The molecule has 4 N–H and O–H groups in total. The zero-order valence-corrected chi connectivity index (χ0v) is 40.8. The number of rotatable bonds is 15. The van der Waals surface area contributed by atoms with Gasteiger partial charge in [0.15, 0.2) is 6.61 Å². The first kappa shape index (κ1) is 54.7. The topological polar surface area (TPSA) is 171 Å². The Hall–Kier alpha value is -3.59. The van der Waals surface area contributed by atoms with Crippen LogP contribution in [0.15, 0.2) is 76.7 Å². The van der Waals surface area contributed by atoms with Gasteiger partial charge in [-0.15, -0.1) is 0 Å². The van der Waals surface area contributed by atoms with E-state index in [1.54, 1.807) is 57.2 Å². The zero-order valence-electron chi connectivity index (χ0n) is 40.8. The summed E-state index contributed by atoms with van der Waals surface area (Å²) in [5, 5.41) is 50.0. The molecule has 3 aliphatic heterocycles. The summed E-state index contributed by atoms with van der Waals surface area (Å²) in [6.07, 6.45) is 17.3. The van der Waals surface area contributed by atoms with Crippen LogP contribution in [0.3, 0.4) is 0 Å². The Morgan fingerprint density at radius 2 is 1.67 bits per heavy atom. The van der Waals surface area contributed by atoms with Gasteiger partial charge in [-0.3, -0.25) is 4.79 Å². The van der Waals surface area contributed by atoms with E-state index >= 15 is 0 Å². The summed E-state index contributed by atoms with van der Waals surface area (Å²) in [4.78, 5) is 37.5. The first-order chi connectivity index (χ1) is 30.5. The molecule has 0 aliphatic carbocycles. The van der Waals surface area contributed by atoms with E-state index < -0.39 is 54.4 Å². The monoisotopic (exact) mass is 898 g/mol. The van der Waals surface area contributed by atoms with Crippen molar-refractivity contribution >= 4 is 17.6 Å². The molecule has 0 radical (unpaired) electrons. The molecular formula is C51H83N3O10. The Balaban J connectivity index is 1.95. The third kappa shape index (κ3) is 16.4. The highest BCUT2D eigenvalue weighted by Crippen LogP contribution is 2.31. The highest BCUT2D eigenvalue weighted by molar-refractivity contribution is 5.96. The standard InChI is InChI=1S/C51H83N3O10/c1-12-18-43(55)35(5)21-22-42(52-63-32-46(56)54-27-23-40(24-28-54)53-25-15-14-16-26-53)38(8)49(59)39(9)50-44(61-10)20-17-19-33(3)29-36(6)47(57)41(13-2)48(58)37(7)30-34(4)31-45(62-11)51(60)64-50/h12,17-22,30-31,35-41,43-44,47-50,55,57-59H,13-16,23-29,32H2,1-11H3/b18-12+,20-17+,22-21+,33-19+,34-30+,45-31-,52-42-. The van der Waals surface area contributed by atoms with Gasteiger partial charge in [-0.25, -0.2) is 4.79 Å². The van der Waals surface area contributed by atoms with Crippen molar-refractivity contribution < 1.29 is 49.1 Å². The van der Waals surface area contributed by atoms with Gasteiger partial charge in [0.1, 0.15) is 12.2 Å². The van der Waals surface area contributed by atoms with Gasteiger partial charge in [0.2, 0.25) is 5.76 Å². The molecule has 362 valence electrons. The van der Waals surface area contributed by atoms with Crippen molar-refractivity contribution in [3.63, 3.8) is 0 Å². The number of likely N-dealkylation sites (tertiary alicyclic amines) is 2. The largest absolute Gasteiger partial charge is 0.490 e. The quantitative estimate of drug-likeness (QED) is 0.0582. The second-order valence-electron chi connectivity index (χ2n) is 18.6. The lowest BCUT2D eigenvalue weighted by Crippen LogP contribution is -2.48. The number of cyclic esters (lactones) is 1. The van der Waals surface area contributed by atoms with E-state index in [2.05, 4.69) is 10.1 Å². The molecule has 2 fully saturated rings. The first-order valence-corrected chi connectivity index (χ1v) is 23.7. The molecule has 13 nitrogen and oxygen atoms in total. The molecule has 2 saturated heterocycles. The lowest BCUT2D eigenvalue weighted by molar-refractivity contribution is -0.161. The minimum absolute atomic E-state index is 0.0841. The van der Waals surface area contributed by atoms with Crippen LogP contribution in [0.25, 0.3) is 0 Å². The Kier molecular flexibility index (Phi) is 23.8. The molecule has 0 bridgehead atoms. The van der Waals surface area contributed by atoms with Crippen molar-refractivity contribution in [2.45, 2.75) is 150 Å². The molecule has 64 heavy (non-hydrogen) atoms. The van der Waals surface area contributed by atoms with Crippen LogP contribution in [-0.4, -0.2) is 137 Å². The van der Waals surface area contributed by atoms with Crippen LogP contribution in [0, 0.1) is 35.5 Å². The van der Waals surface area contributed by atoms with Gasteiger partial charge in [-0.1, -0.05) is 107 Å². The van der Waals surface area contributed by atoms with E-state index in [4.69, 9.17) is 19.0 Å². The van der Waals surface area contributed by atoms with E-state index in [1.165, 1.54) is 33.5 Å². The molecule has 0 aromatic carbocycles. The lowest BCUT2D eigenvalue weighted by atomic mass is 9.79. The van der Waals surface area contributed by atoms with Gasteiger partial charge in [-0.2, -0.15) is 0 Å². The fourth-order valence-corrected chi connectivity index (χ4v) is 9.31. The normalized spacial score (nSPS) is 32.4. The maximum atomic E-state index is 14.0. The van der Waals surface area contributed by atoms with Crippen molar-refractivity contribution in [3.05, 3.63) is 71.6 Å². The summed E-state index contributed by atoms with van der Waals surface area (Å²) >= 11 is 0. The van der Waals surface area contributed by atoms with Crippen molar-refractivity contribution in [2.75, 3.05) is 47.0 Å². The molecule has 3 aliphatic rings. The van der Waals surface area contributed by atoms with Gasteiger partial charge in [0.25, 0.3) is 5.91 Å². The minimum Gasteiger partial charge on any atom is -0.490 e. The number of amides is 1. The summed E-state index contributed by atoms with van der Waals surface area (Å²) in [5.74, 6) is -3.63. The predicted octanol–water partition coefficient (Wildman–Crippen LogP) is 6.93. The van der Waals surface area contributed by atoms with Crippen LogP contribution in [-0.2, 0) is 28.6 Å². The number of hydrogen-bond donors (Lipinski definition) is 4. The van der Waals surface area contributed by atoms with E-state index in [1.807, 2.05) is 64.7 Å². The highest BCUT2D eigenvalue weighted by atomic mass is 16.6. The predicted molar refractivity (Wildman–Crippen MR) is 253 cm³/mol. The third-order valence-electron chi connectivity index (χ3n) is 13.6. The van der Waals surface area contributed by atoms with Crippen molar-refractivity contribution in [3.8, 4) is 0 Å². The smallest absolute Gasteiger partial charge is 0.373 e. The molecule has 3 heterocycles. The Morgan fingerprint density at radius 3 is 2.28 bits per heavy atom. The highest BCUT2D eigenvalue weighted by Gasteiger charge is 2.38. The van der Waals surface area contributed by atoms with Crippen LogP contribution in [0.1, 0.15) is 107 Å². The number of oxime groups is 1. The number of hydrogen-bond acceptors (Lipinski definition) is 12. The summed E-state index contributed by atoms with van der Waals surface area (Å²) < 4.78 is 17.7. The number of aliphatic hydroxyl groups is 4. The van der Waals surface area contributed by atoms with Crippen LogP contribution in [0.2, 0.25) is 0 Å². The molecule has 13 heteroatoms. The number of ether oxygens (including phenoxy) is 3. The number of carbonyl (C=O) groups excluding carboxylic acids is 2. The number of carbonyl (C=O) groups is 2. The van der Waals surface area contributed by atoms with E-state index in [-0.39, 0.29) is 41.9 Å². The van der Waals surface area contributed by atoms with Crippen LogP contribution in [0.4, 0.5) is 0 Å². The first-order valence-electron chi connectivity index (χ1n) is 23.7. The van der Waals surface area contributed by atoms with Gasteiger partial charge in [0.05, 0.1) is 37.2 Å². The SMILES string of the molecule is C/C=C/C(O)C(C)/C=C/C(=N/OCC(=O)N1CCC(N2CCCCC2)CC1)C(C)C(O)C(C)C1OC(=O)/C(OC)=C/C(C)=C/C(C)C(O)C(CC)C(O)C(C)C/C(C)=C/C=C/C1OC. The van der Waals surface area contributed by atoms with Crippen LogP contribution in [0.5, 0.6) is 0 Å². The number of aliphatic hydroxyl groups excluding tert-OH is 4. The molecule has 1 amide bonds. The molecule has 0 saturated carbocycles. The van der Waals surface area contributed by atoms with Crippen LogP contribution >= 0.6 is 0 Å². The summed E-state index contributed by atoms with van der Waals surface area (Å²) in [7, 11) is 2.88. The average molecular weight is 898 g/mol. The third-order valence-corrected chi connectivity index (χ3v) is 13.6. The van der Waals surface area contributed by atoms with Gasteiger partial charge in [-0.05, 0) is 90.5 Å². The molecular weight excluding hydrogens is 815 g/mol. The Morgan fingerprint density at radius 1 is 1.00 bits per heavy atom. The van der Waals surface area contributed by atoms with Gasteiger partial charge in [0, 0.05) is 55.8 Å². The number of allylic oxidation sites excluding steroid dienone is 7.